The molecule has 0 bridgehead atoms. The van der Waals surface area contributed by atoms with Crippen LogP contribution in [0, 0.1) is 5.92 Å². The van der Waals surface area contributed by atoms with Gasteiger partial charge in [-0.2, -0.15) is 0 Å². The summed E-state index contributed by atoms with van der Waals surface area (Å²) >= 11 is 0. The summed E-state index contributed by atoms with van der Waals surface area (Å²) in [5, 5.41) is 0. The van der Waals surface area contributed by atoms with Crippen molar-refractivity contribution in [2.45, 2.75) is 71.3 Å². The Balaban J connectivity index is 1.53. The Hall–Kier alpha value is -1.86. The van der Waals surface area contributed by atoms with Crippen molar-refractivity contribution in [1.82, 2.24) is 0 Å². The lowest BCUT2D eigenvalue weighted by Gasteiger charge is -2.28. The minimum atomic E-state index is 0.712. The van der Waals surface area contributed by atoms with Crippen LogP contribution in [0.4, 0.5) is 0 Å². The van der Waals surface area contributed by atoms with Gasteiger partial charge >= 0.3 is 0 Å². The molecule has 28 heavy (non-hydrogen) atoms. The summed E-state index contributed by atoms with van der Waals surface area (Å²) in [5.74, 6) is 1.65. The SMILES string of the molecule is CC/C=C/CC1CCC(c2ccc(-c3ccc(COCCC)cc3)cc2)CC1. The fourth-order valence-electron chi connectivity index (χ4n) is 4.26. The van der Waals surface area contributed by atoms with Gasteiger partial charge in [0.05, 0.1) is 6.61 Å². The molecule has 2 aromatic rings. The van der Waals surface area contributed by atoms with Crippen molar-refractivity contribution in [2.75, 3.05) is 6.61 Å². The van der Waals surface area contributed by atoms with Gasteiger partial charge < -0.3 is 4.74 Å². The van der Waals surface area contributed by atoms with E-state index < -0.39 is 0 Å². The Bertz CT molecular complexity index is 703. The summed E-state index contributed by atoms with van der Waals surface area (Å²) in [6.45, 7) is 5.90. The summed E-state index contributed by atoms with van der Waals surface area (Å²) in [7, 11) is 0. The van der Waals surface area contributed by atoms with Gasteiger partial charge in [0.2, 0.25) is 0 Å². The second-order valence-corrected chi connectivity index (χ2v) is 8.20. The van der Waals surface area contributed by atoms with Gasteiger partial charge in [-0.1, -0.05) is 74.5 Å². The maximum atomic E-state index is 5.63. The molecule has 0 unspecified atom stereocenters. The van der Waals surface area contributed by atoms with Crippen molar-refractivity contribution in [3.05, 3.63) is 71.8 Å². The number of benzene rings is 2. The average molecular weight is 377 g/mol. The van der Waals surface area contributed by atoms with E-state index in [9.17, 15) is 0 Å². The number of hydrogen-bond donors (Lipinski definition) is 0. The molecular weight excluding hydrogens is 340 g/mol. The van der Waals surface area contributed by atoms with Gasteiger partial charge in [0.15, 0.2) is 0 Å². The van der Waals surface area contributed by atoms with Crippen LogP contribution in [0.5, 0.6) is 0 Å². The highest BCUT2D eigenvalue weighted by Crippen LogP contribution is 2.37. The first kappa shape index (κ1) is 20.9. The Morgan fingerprint density at radius 2 is 1.46 bits per heavy atom. The molecule has 1 fully saturated rings. The largest absolute Gasteiger partial charge is 0.377 e. The molecule has 1 nitrogen and oxygen atoms in total. The molecule has 0 heterocycles. The molecule has 0 aliphatic heterocycles. The van der Waals surface area contributed by atoms with Gasteiger partial charge in [0, 0.05) is 6.61 Å². The van der Waals surface area contributed by atoms with Gasteiger partial charge in [-0.05, 0) is 79.0 Å². The number of ether oxygens (including phenoxy) is 1. The highest BCUT2D eigenvalue weighted by molar-refractivity contribution is 5.64. The van der Waals surface area contributed by atoms with Crippen LogP contribution in [0.25, 0.3) is 11.1 Å². The molecule has 2 aromatic carbocycles. The third-order valence-corrected chi connectivity index (χ3v) is 6.01. The predicted octanol–water partition coefficient (Wildman–Crippen LogP) is 7.91. The highest BCUT2D eigenvalue weighted by Gasteiger charge is 2.21. The zero-order chi connectivity index (χ0) is 19.6. The van der Waals surface area contributed by atoms with E-state index in [0.29, 0.717) is 6.61 Å². The summed E-state index contributed by atoms with van der Waals surface area (Å²) in [5.41, 5.74) is 5.37. The van der Waals surface area contributed by atoms with Crippen LogP contribution in [0.2, 0.25) is 0 Å². The first-order valence-corrected chi connectivity index (χ1v) is 11.2. The van der Waals surface area contributed by atoms with Crippen molar-refractivity contribution in [1.29, 1.82) is 0 Å². The van der Waals surface area contributed by atoms with Gasteiger partial charge in [0.1, 0.15) is 0 Å². The number of rotatable bonds is 9. The Labute approximate surface area is 171 Å². The van der Waals surface area contributed by atoms with E-state index in [1.54, 1.807) is 0 Å². The summed E-state index contributed by atoms with van der Waals surface area (Å²) in [4.78, 5) is 0. The first-order valence-electron chi connectivity index (χ1n) is 11.2. The quantitative estimate of drug-likeness (QED) is 0.319. The van der Waals surface area contributed by atoms with Crippen molar-refractivity contribution < 1.29 is 4.74 Å². The molecule has 1 aliphatic carbocycles. The van der Waals surface area contributed by atoms with E-state index in [1.165, 1.54) is 54.4 Å². The standard InChI is InChI=1S/C27H36O/c1-3-5-6-7-22-8-12-24(13-9-22)26-16-18-27(19-17-26)25-14-10-23(11-15-25)21-28-20-4-2/h5-6,10-11,14-19,22,24H,3-4,7-9,12-13,20-21H2,1-2H3/b6-5+. The molecular formula is C27H36O. The van der Waals surface area contributed by atoms with Crippen molar-refractivity contribution >= 4 is 0 Å². The van der Waals surface area contributed by atoms with E-state index in [2.05, 4.69) is 74.5 Å². The first-order chi connectivity index (χ1) is 13.8. The molecule has 1 saturated carbocycles. The fourth-order valence-corrected chi connectivity index (χ4v) is 4.26. The second-order valence-electron chi connectivity index (χ2n) is 8.20. The van der Waals surface area contributed by atoms with E-state index in [0.717, 1.165) is 31.3 Å². The molecule has 3 rings (SSSR count). The van der Waals surface area contributed by atoms with Crippen LogP contribution in [-0.4, -0.2) is 6.61 Å². The van der Waals surface area contributed by atoms with Gasteiger partial charge in [-0.15, -0.1) is 0 Å². The smallest absolute Gasteiger partial charge is 0.0716 e. The van der Waals surface area contributed by atoms with Crippen LogP contribution in [0.15, 0.2) is 60.7 Å². The van der Waals surface area contributed by atoms with Gasteiger partial charge in [-0.25, -0.2) is 0 Å². The predicted molar refractivity (Wildman–Crippen MR) is 121 cm³/mol. The van der Waals surface area contributed by atoms with Crippen molar-refractivity contribution in [2.24, 2.45) is 5.92 Å². The monoisotopic (exact) mass is 376 g/mol. The molecule has 1 heteroatoms. The molecule has 0 radical (unpaired) electrons. The van der Waals surface area contributed by atoms with E-state index in [1.807, 2.05) is 0 Å². The Kier molecular flexibility index (Phi) is 8.36. The fraction of sp³-hybridized carbons (Fsp3) is 0.481. The average Bonchev–Trinajstić information content (AvgIpc) is 2.75. The van der Waals surface area contributed by atoms with Crippen LogP contribution < -0.4 is 0 Å². The normalized spacial score (nSPS) is 19.9. The highest BCUT2D eigenvalue weighted by atomic mass is 16.5. The topological polar surface area (TPSA) is 9.23 Å². The second kappa shape index (κ2) is 11.2. The zero-order valence-electron chi connectivity index (χ0n) is 17.7. The molecule has 0 aromatic heterocycles. The molecule has 1 aliphatic rings. The minimum absolute atomic E-state index is 0.712. The summed E-state index contributed by atoms with van der Waals surface area (Å²) in [6.07, 6.45) is 13.7. The lowest BCUT2D eigenvalue weighted by molar-refractivity contribution is 0.121. The third-order valence-electron chi connectivity index (χ3n) is 6.01. The molecule has 0 saturated heterocycles. The molecule has 0 spiro atoms. The molecule has 0 N–H and O–H groups in total. The maximum absolute atomic E-state index is 5.63. The molecule has 150 valence electrons. The molecule has 0 atom stereocenters. The maximum Gasteiger partial charge on any atom is 0.0716 e. The van der Waals surface area contributed by atoms with Crippen LogP contribution in [-0.2, 0) is 11.3 Å². The van der Waals surface area contributed by atoms with Crippen LogP contribution >= 0.6 is 0 Å². The number of hydrogen-bond acceptors (Lipinski definition) is 1. The zero-order valence-corrected chi connectivity index (χ0v) is 17.7. The Morgan fingerprint density at radius 1 is 0.821 bits per heavy atom. The lowest BCUT2D eigenvalue weighted by Crippen LogP contribution is -2.12. The number of allylic oxidation sites excluding steroid dienone is 2. The third kappa shape index (κ3) is 6.07. The van der Waals surface area contributed by atoms with Crippen molar-refractivity contribution in [3.63, 3.8) is 0 Å². The molecule has 0 amide bonds. The summed E-state index contributed by atoms with van der Waals surface area (Å²) < 4.78 is 5.63. The lowest BCUT2D eigenvalue weighted by atomic mass is 9.77. The Morgan fingerprint density at radius 3 is 2.07 bits per heavy atom. The van der Waals surface area contributed by atoms with E-state index in [4.69, 9.17) is 4.74 Å². The van der Waals surface area contributed by atoms with E-state index >= 15 is 0 Å². The van der Waals surface area contributed by atoms with Crippen LogP contribution in [0.3, 0.4) is 0 Å². The van der Waals surface area contributed by atoms with Gasteiger partial charge in [0.25, 0.3) is 0 Å². The van der Waals surface area contributed by atoms with Gasteiger partial charge in [-0.3, -0.25) is 0 Å². The summed E-state index contributed by atoms with van der Waals surface area (Å²) in [6, 6.07) is 18.1. The van der Waals surface area contributed by atoms with Crippen LogP contribution in [0.1, 0.15) is 75.8 Å². The van der Waals surface area contributed by atoms with E-state index in [-0.39, 0.29) is 0 Å². The van der Waals surface area contributed by atoms with Crippen molar-refractivity contribution in [3.8, 4) is 11.1 Å². The minimum Gasteiger partial charge on any atom is -0.377 e.